The number of benzene rings is 2. The Morgan fingerprint density at radius 2 is 1.88 bits per heavy atom. The molecule has 2 aromatic rings. The molecule has 0 spiro atoms. The number of hydrogen-bond donors (Lipinski definition) is 3. The molecule has 2 rings (SSSR count). The Hall–Kier alpha value is -3.62. The number of amides is 2. The molecule has 184 valence electrons. The summed E-state index contributed by atoms with van der Waals surface area (Å²) < 4.78 is 23.8. The van der Waals surface area contributed by atoms with E-state index in [0.717, 1.165) is 12.0 Å². The van der Waals surface area contributed by atoms with Crippen LogP contribution in [0.15, 0.2) is 47.5 Å². The second-order valence-electron chi connectivity index (χ2n) is 8.04. The molecule has 9 heteroatoms. The first-order chi connectivity index (χ1) is 16.2. The van der Waals surface area contributed by atoms with E-state index in [0.29, 0.717) is 17.7 Å². The van der Waals surface area contributed by atoms with Gasteiger partial charge >= 0.3 is 0 Å². The highest BCUT2D eigenvalue weighted by Crippen LogP contribution is 2.18. The molecule has 0 radical (unpaired) electrons. The monoisotopic (exact) mass is 472 g/mol. The number of nitrogens with one attached hydrogen (secondary N) is 2. The molecule has 0 aliphatic carbocycles. The number of hydrogen-bond acceptors (Lipinski definition) is 5. The molecule has 0 saturated heterocycles. The van der Waals surface area contributed by atoms with Crippen LogP contribution in [0.25, 0.3) is 0 Å². The summed E-state index contributed by atoms with van der Waals surface area (Å²) in [5.41, 5.74) is 7.39. The van der Waals surface area contributed by atoms with Crippen molar-refractivity contribution >= 4 is 17.8 Å². The lowest BCUT2D eigenvalue weighted by Crippen LogP contribution is -2.41. The summed E-state index contributed by atoms with van der Waals surface area (Å²) in [5, 5.41) is 5.35. The van der Waals surface area contributed by atoms with Crippen molar-refractivity contribution in [1.82, 2.24) is 10.6 Å². The molecule has 0 saturated carbocycles. The van der Waals surface area contributed by atoms with E-state index < -0.39 is 11.9 Å². The number of methoxy groups -OCH3 is 2. The van der Waals surface area contributed by atoms with Crippen molar-refractivity contribution in [3.63, 3.8) is 0 Å². The smallest absolute Gasteiger partial charge is 0.245 e. The van der Waals surface area contributed by atoms with Gasteiger partial charge in [-0.2, -0.15) is 0 Å². The van der Waals surface area contributed by atoms with Crippen LogP contribution in [0.1, 0.15) is 37.8 Å². The fourth-order valence-electron chi connectivity index (χ4n) is 3.24. The number of ether oxygens (including phenoxy) is 2. The van der Waals surface area contributed by atoms with Gasteiger partial charge in [-0.3, -0.25) is 14.9 Å². The second kappa shape index (κ2) is 13.2. The minimum Gasteiger partial charge on any atom is -0.497 e. The summed E-state index contributed by atoms with van der Waals surface area (Å²) in [6.45, 7) is 4.20. The van der Waals surface area contributed by atoms with Crippen LogP contribution in [-0.2, 0) is 22.6 Å². The highest BCUT2D eigenvalue weighted by molar-refractivity contribution is 5.98. The van der Waals surface area contributed by atoms with Gasteiger partial charge in [0.2, 0.25) is 11.8 Å². The number of halogens is 1. The first-order valence-corrected chi connectivity index (χ1v) is 11.1. The van der Waals surface area contributed by atoms with Crippen LogP contribution in [0.4, 0.5) is 4.39 Å². The molecule has 34 heavy (non-hydrogen) atoms. The minimum atomic E-state index is -0.783. The fraction of sp³-hybridized carbons (Fsp3) is 0.400. The molecule has 0 aromatic heterocycles. The summed E-state index contributed by atoms with van der Waals surface area (Å²) in [5.74, 6) is -0.330. The SMILES string of the molecule is CCC(C)C[C@@H](N=C(N)NC(=O)Cc1cccc(OC)c1)C(=O)NCc1ccc(F)c(OC)c1. The van der Waals surface area contributed by atoms with Crippen molar-refractivity contribution < 1.29 is 23.5 Å². The molecule has 8 nitrogen and oxygen atoms in total. The van der Waals surface area contributed by atoms with E-state index in [4.69, 9.17) is 15.2 Å². The van der Waals surface area contributed by atoms with Crippen molar-refractivity contribution in [2.45, 2.75) is 45.7 Å². The third kappa shape index (κ3) is 8.38. The lowest BCUT2D eigenvalue weighted by molar-refractivity contribution is -0.123. The average molecular weight is 473 g/mol. The Bertz CT molecular complexity index is 1010. The number of nitrogens with zero attached hydrogens (tertiary/aromatic N) is 1. The van der Waals surface area contributed by atoms with Crippen LogP contribution < -0.4 is 25.8 Å². The Labute approximate surface area is 199 Å². The van der Waals surface area contributed by atoms with Crippen molar-refractivity contribution in [2.24, 2.45) is 16.6 Å². The first-order valence-electron chi connectivity index (χ1n) is 11.1. The van der Waals surface area contributed by atoms with E-state index in [1.807, 2.05) is 13.8 Å². The van der Waals surface area contributed by atoms with E-state index in [1.54, 1.807) is 37.4 Å². The predicted octanol–water partition coefficient (Wildman–Crippen LogP) is 2.94. The van der Waals surface area contributed by atoms with Gasteiger partial charge in [0.15, 0.2) is 17.5 Å². The van der Waals surface area contributed by atoms with Crippen molar-refractivity contribution in [3.8, 4) is 11.5 Å². The van der Waals surface area contributed by atoms with Gasteiger partial charge in [0.05, 0.1) is 20.6 Å². The van der Waals surface area contributed by atoms with E-state index >= 15 is 0 Å². The van der Waals surface area contributed by atoms with Crippen molar-refractivity contribution in [2.75, 3.05) is 14.2 Å². The zero-order valence-electron chi connectivity index (χ0n) is 20.1. The van der Waals surface area contributed by atoms with Crippen molar-refractivity contribution in [1.29, 1.82) is 0 Å². The highest BCUT2D eigenvalue weighted by Gasteiger charge is 2.21. The second-order valence-corrected chi connectivity index (χ2v) is 8.04. The number of carbonyl (C=O) groups excluding carboxylic acids is 2. The Morgan fingerprint density at radius 3 is 2.56 bits per heavy atom. The molecule has 0 aliphatic heterocycles. The highest BCUT2D eigenvalue weighted by atomic mass is 19.1. The Kier molecular flexibility index (Phi) is 10.3. The lowest BCUT2D eigenvalue weighted by atomic mass is 9.99. The van der Waals surface area contributed by atoms with Gasteiger partial charge in [-0.15, -0.1) is 0 Å². The number of rotatable bonds is 11. The number of carbonyl (C=O) groups is 2. The third-order valence-electron chi connectivity index (χ3n) is 5.37. The standard InChI is InChI=1S/C25H33FN4O4/c1-5-16(2)11-21(24(32)28-15-18-9-10-20(26)22(13-18)34-4)29-25(27)30-23(31)14-17-7-6-8-19(12-17)33-3/h6-10,12-13,16,21H,5,11,14-15H2,1-4H3,(H,28,32)(H3,27,29,30,31)/t16?,21-/m1/s1. The van der Waals surface area contributed by atoms with E-state index in [1.165, 1.54) is 19.2 Å². The normalized spacial score (nSPS) is 13.0. The van der Waals surface area contributed by atoms with E-state index in [2.05, 4.69) is 15.6 Å². The summed E-state index contributed by atoms with van der Waals surface area (Å²) in [4.78, 5) is 29.5. The molecule has 0 heterocycles. The van der Waals surface area contributed by atoms with Gasteiger partial charge in [-0.25, -0.2) is 9.38 Å². The molecular formula is C25H33FN4O4. The van der Waals surface area contributed by atoms with Crippen LogP contribution in [0, 0.1) is 11.7 Å². The molecule has 0 bridgehead atoms. The molecule has 1 unspecified atom stereocenters. The molecule has 2 amide bonds. The van der Waals surface area contributed by atoms with E-state index in [-0.39, 0.29) is 42.4 Å². The third-order valence-corrected chi connectivity index (χ3v) is 5.37. The van der Waals surface area contributed by atoms with Crippen LogP contribution in [0.2, 0.25) is 0 Å². The van der Waals surface area contributed by atoms with Gasteiger partial charge in [0.1, 0.15) is 11.8 Å². The molecule has 0 fully saturated rings. The molecular weight excluding hydrogens is 439 g/mol. The van der Waals surface area contributed by atoms with Gasteiger partial charge in [-0.1, -0.05) is 38.5 Å². The predicted molar refractivity (Wildman–Crippen MR) is 129 cm³/mol. The minimum absolute atomic E-state index is 0.0854. The van der Waals surface area contributed by atoms with Gasteiger partial charge in [-0.05, 0) is 47.7 Å². The van der Waals surface area contributed by atoms with Crippen LogP contribution in [0.5, 0.6) is 11.5 Å². The van der Waals surface area contributed by atoms with Gasteiger partial charge in [0, 0.05) is 6.54 Å². The number of nitrogens with two attached hydrogens (primary N) is 1. The summed E-state index contributed by atoms with van der Waals surface area (Å²) in [7, 11) is 2.93. The lowest BCUT2D eigenvalue weighted by Gasteiger charge is -2.18. The number of guanidine groups is 1. The Balaban J connectivity index is 2.04. The maximum absolute atomic E-state index is 13.6. The van der Waals surface area contributed by atoms with Crippen molar-refractivity contribution in [3.05, 3.63) is 59.4 Å². The molecule has 2 aromatic carbocycles. The zero-order chi connectivity index (χ0) is 25.1. The maximum Gasteiger partial charge on any atom is 0.245 e. The molecule has 4 N–H and O–H groups in total. The molecule has 0 aliphatic rings. The topological polar surface area (TPSA) is 115 Å². The number of aliphatic imine (C=N–C) groups is 1. The maximum atomic E-state index is 13.6. The summed E-state index contributed by atoms with van der Waals surface area (Å²) in [6, 6.07) is 10.7. The summed E-state index contributed by atoms with van der Waals surface area (Å²) in [6.07, 6.45) is 1.40. The van der Waals surface area contributed by atoms with E-state index in [9.17, 15) is 14.0 Å². The Morgan fingerprint density at radius 1 is 1.12 bits per heavy atom. The largest absolute Gasteiger partial charge is 0.497 e. The van der Waals surface area contributed by atoms with Gasteiger partial charge < -0.3 is 20.5 Å². The zero-order valence-corrected chi connectivity index (χ0v) is 20.1. The molecule has 2 atom stereocenters. The summed E-state index contributed by atoms with van der Waals surface area (Å²) >= 11 is 0. The van der Waals surface area contributed by atoms with Crippen LogP contribution in [0.3, 0.4) is 0 Å². The first kappa shape index (κ1) is 26.6. The fourth-order valence-corrected chi connectivity index (χ4v) is 3.24. The van der Waals surface area contributed by atoms with Gasteiger partial charge in [0.25, 0.3) is 0 Å². The average Bonchev–Trinajstić information content (AvgIpc) is 2.82. The quantitative estimate of drug-likeness (QED) is 0.344. The van der Waals surface area contributed by atoms with Crippen LogP contribution in [-0.4, -0.2) is 38.0 Å². The van der Waals surface area contributed by atoms with Crippen LogP contribution >= 0.6 is 0 Å².